The second kappa shape index (κ2) is 7.41. The van der Waals surface area contributed by atoms with E-state index in [0.29, 0.717) is 6.61 Å². The van der Waals surface area contributed by atoms with Gasteiger partial charge in [0, 0.05) is 5.41 Å². The smallest absolute Gasteiger partial charge is 0.407 e. The highest BCUT2D eigenvalue weighted by atomic mass is 32.2. The van der Waals surface area contributed by atoms with Gasteiger partial charge in [-0.1, -0.05) is 32.6 Å². The maximum atomic E-state index is 11.3. The van der Waals surface area contributed by atoms with Gasteiger partial charge in [-0.15, -0.1) is 0 Å². The van der Waals surface area contributed by atoms with E-state index in [-0.39, 0.29) is 5.75 Å². The van der Waals surface area contributed by atoms with Crippen LogP contribution in [0.15, 0.2) is 11.5 Å². The van der Waals surface area contributed by atoms with E-state index in [1.807, 2.05) is 0 Å². The van der Waals surface area contributed by atoms with Crippen LogP contribution < -0.4 is 5.32 Å². The highest BCUT2D eigenvalue weighted by Crippen LogP contribution is 2.08. The molecule has 1 rings (SSSR count). The monoisotopic (exact) mass is 275 g/mol. The Labute approximate surface area is 109 Å². The second-order valence-electron chi connectivity index (χ2n) is 4.46. The average molecular weight is 275 g/mol. The molecule has 0 spiro atoms. The van der Waals surface area contributed by atoms with Crippen LogP contribution in [-0.4, -0.2) is 32.9 Å². The fraction of sp³-hybridized carbons (Fsp3) is 0.750. The van der Waals surface area contributed by atoms with E-state index in [0.717, 1.165) is 24.7 Å². The first kappa shape index (κ1) is 15.0. The van der Waals surface area contributed by atoms with Crippen molar-refractivity contribution in [2.75, 3.05) is 12.4 Å². The zero-order valence-corrected chi connectivity index (χ0v) is 11.5. The molecule has 0 radical (unpaired) electrons. The van der Waals surface area contributed by atoms with Crippen molar-refractivity contribution >= 4 is 15.9 Å². The van der Waals surface area contributed by atoms with Crippen LogP contribution >= 0.6 is 0 Å². The van der Waals surface area contributed by atoms with E-state index in [4.69, 9.17) is 4.74 Å². The largest absolute Gasteiger partial charge is 0.450 e. The van der Waals surface area contributed by atoms with Gasteiger partial charge in [-0.2, -0.15) is 0 Å². The number of alkyl carbamates (subject to hydrolysis) is 1. The standard InChI is InChI=1S/C12H21NO4S/c1-2-3-4-5-6-8-17-12(14)13-11-7-9-18(15,16)10-11/h7,9,11H,2-6,8,10H2,1H3,(H,13,14). The van der Waals surface area contributed by atoms with Crippen LogP contribution in [0.4, 0.5) is 4.79 Å². The highest BCUT2D eigenvalue weighted by molar-refractivity contribution is 7.94. The molecule has 18 heavy (non-hydrogen) atoms. The van der Waals surface area contributed by atoms with E-state index in [1.165, 1.54) is 18.9 Å². The lowest BCUT2D eigenvalue weighted by molar-refractivity contribution is 0.142. The van der Waals surface area contributed by atoms with Crippen molar-refractivity contribution in [1.82, 2.24) is 5.32 Å². The van der Waals surface area contributed by atoms with Crippen LogP contribution in [-0.2, 0) is 14.6 Å². The Kier molecular flexibility index (Phi) is 6.18. The lowest BCUT2D eigenvalue weighted by atomic mass is 10.2. The number of nitrogens with one attached hydrogen (secondary N) is 1. The van der Waals surface area contributed by atoms with Gasteiger partial charge in [0.25, 0.3) is 0 Å². The van der Waals surface area contributed by atoms with Crippen LogP contribution in [0, 0.1) is 0 Å². The van der Waals surface area contributed by atoms with E-state index in [1.54, 1.807) is 0 Å². The number of ether oxygens (including phenoxy) is 1. The third kappa shape index (κ3) is 6.05. The molecule has 0 aromatic heterocycles. The Morgan fingerprint density at radius 3 is 2.67 bits per heavy atom. The van der Waals surface area contributed by atoms with Gasteiger partial charge in [0.1, 0.15) is 0 Å². The number of unbranched alkanes of at least 4 members (excludes halogenated alkanes) is 4. The van der Waals surface area contributed by atoms with Crippen molar-refractivity contribution in [2.24, 2.45) is 0 Å². The van der Waals surface area contributed by atoms with Crippen molar-refractivity contribution in [1.29, 1.82) is 0 Å². The molecular formula is C12H21NO4S. The first-order valence-corrected chi connectivity index (χ1v) is 8.09. The number of hydrogen-bond acceptors (Lipinski definition) is 4. The number of carbonyl (C=O) groups is 1. The van der Waals surface area contributed by atoms with Crippen molar-refractivity contribution in [3.05, 3.63) is 11.5 Å². The Morgan fingerprint density at radius 1 is 1.33 bits per heavy atom. The predicted octanol–water partition coefficient (Wildman–Crippen LogP) is 1.99. The molecule has 0 saturated carbocycles. The van der Waals surface area contributed by atoms with Crippen LogP contribution in [0.2, 0.25) is 0 Å². The second-order valence-corrected chi connectivity index (χ2v) is 6.39. The van der Waals surface area contributed by atoms with E-state index < -0.39 is 22.0 Å². The van der Waals surface area contributed by atoms with Gasteiger partial charge >= 0.3 is 6.09 Å². The van der Waals surface area contributed by atoms with Gasteiger partial charge in [0.2, 0.25) is 0 Å². The quantitative estimate of drug-likeness (QED) is 0.721. The molecular weight excluding hydrogens is 254 g/mol. The molecule has 0 saturated heterocycles. The maximum Gasteiger partial charge on any atom is 0.407 e. The van der Waals surface area contributed by atoms with Gasteiger partial charge in [0.05, 0.1) is 18.4 Å². The van der Waals surface area contributed by atoms with Crippen LogP contribution in [0.25, 0.3) is 0 Å². The Balaban J connectivity index is 2.06. The summed E-state index contributed by atoms with van der Waals surface area (Å²) in [5.41, 5.74) is 0. The van der Waals surface area contributed by atoms with E-state index in [9.17, 15) is 13.2 Å². The molecule has 1 N–H and O–H groups in total. The predicted molar refractivity (Wildman–Crippen MR) is 70.0 cm³/mol. The SMILES string of the molecule is CCCCCCCOC(=O)NC1C=CS(=O)(=O)C1. The summed E-state index contributed by atoms with van der Waals surface area (Å²) < 4.78 is 27.2. The average Bonchev–Trinajstić information content (AvgIpc) is 2.63. The number of carbonyl (C=O) groups excluding carboxylic acids is 1. The molecule has 1 unspecified atom stereocenters. The van der Waals surface area contributed by atoms with Gasteiger partial charge < -0.3 is 10.1 Å². The van der Waals surface area contributed by atoms with Crippen LogP contribution in [0.3, 0.4) is 0 Å². The molecule has 1 atom stereocenters. The summed E-state index contributed by atoms with van der Waals surface area (Å²) in [5, 5.41) is 3.64. The molecule has 6 heteroatoms. The molecule has 0 fully saturated rings. The number of sulfone groups is 1. The fourth-order valence-electron chi connectivity index (χ4n) is 1.73. The van der Waals surface area contributed by atoms with Crippen molar-refractivity contribution in [3.63, 3.8) is 0 Å². The number of amides is 1. The first-order valence-electron chi connectivity index (χ1n) is 6.38. The minimum Gasteiger partial charge on any atom is -0.450 e. The van der Waals surface area contributed by atoms with Crippen molar-refractivity contribution in [2.45, 2.75) is 45.1 Å². The molecule has 1 aliphatic rings. The first-order chi connectivity index (χ1) is 8.53. The molecule has 1 heterocycles. The lowest BCUT2D eigenvalue weighted by Gasteiger charge is -2.10. The summed E-state index contributed by atoms with van der Waals surface area (Å²) in [7, 11) is -3.13. The Hall–Kier alpha value is -1.04. The zero-order valence-electron chi connectivity index (χ0n) is 10.7. The van der Waals surface area contributed by atoms with Gasteiger partial charge in [0.15, 0.2) is 9.84 Å². The highest BCUT2D eigenvalue weighted by Gasteiger charge is 2.23. The molecule has 0 bridgehead atoms. The van der Waals surface area contributed by atoms with Gasteiger partial charge in [-0.3, -0.25) is 0 Å². The number of hydrogen-bond donors (Lipinski definition) is 1. The topological polar surface area (TPSA) is 72.5 Å². The molecule has 1 amide bonds. The van der Waals surface area contributed by atoms with Gasteiger partial charge in [-0.05, 0) is 12.5 Å². The molecule has 5 nitrogen and oxygen atoms in total. The summed E-state index contributed by atoms with van der Waals surface area (Å²) in [6, 6.07) is -0.456. The van der Waals surface area contributed by atoms with Crippen molar-refractivity contribution < 1.29 is 17.9 Å². The number of rotatable bonds is 7. The summed E-state index contributed by atoms with van der Waals surface area (Å²) in [6.45, 7) is 2.53. The van der Waals surface area contributed by atoms with Crippen LogP contribution in [0.5, 0.6) is 0 Å². The third-order valence-electron chi connectivity index (χ3n) is 2.71. The lowest BCUT2D eigenvalue weighted by Crippen LogP contribution is -2.36. The Morgan fingerprint density at radius 2 is 2.06 bits per heavy atom. The Bertz CT molecular complexity index is 389. The minimum atomic E-state index is -3.13. The third-order valence-corrected chi connectivity index (χ3v) is 4.11. The van der Waals surface area contributed by atoms with E-state index >= 15 is 0 Å². The van der Waals surface area contributed by atoms with Crippen molar-refractivity contribution in [3.8, 4) is 0 Å². The molecule has 0 aliphatic carbocycles. The zero-order chi connectivity index (χ0) is 13.4. The van der Waals surface area contributed by atoms with Gasteiger partial charge in [-0.25, -0.2) is 13.2 Å². The van der Waals surface area contributed by atoms with E-state index in [2.05, 4.69) is 12.2 Å². The maximum absolute atomic E-state index is 11.3. The minimum absolute atomic E-state index is 0.0708. The molecule has 1 aliphatic heterocycles. The molecule has 104 valence electrons. The summed E-state index contributed by atoms with van der Waals surface area (Å²) in [6.07, 6.45) is 6.38. The van der Waals surface area contributed by atoms with Crippen LogP contribution in [0.1, 0.15) is 39.0 Å². The molecule has 0 aromatic carbocycles. The summed E-state index contributed by atoms with van der Waals surface area (Å²) >= 11 is 0. The summed E-state index contributed by atoms with van der Waals surface area (Å²) in [5.74, 6) is -0.0708. The molecule has 0 aromatic rings. The summed E-state index contributed by atoms with van der Waals surface area (Å²) in [4.78, 5) is 11.3. The fourth-order valence-corrected chi connectivity index (χ4v) is 2.96. The normalized spacial score (nSPS) is 20.8.